The summed E-state index contributed by atoms with van der Waals surface area (Å²) in [5, 5.41) is 0. The Morgan fingerprint density at radius 3 is 2.00 bits per heavy atom. The highest BCUT2D eigenvalue weighted by atomic mass is 16.5. The summed E-state index contributed by atoms with van der Waals surface area (Å²) in [4.78, 5) is 10.3. The van der Waals surface area contributed by atoms with Crippen molar-refractivity contribution in [3.8, 4) is 0 Å². The molecule has 0 unspecified atom stereocenters. The molecule has 0 bridgehead atoms. The fourth-order valence-electron chi connectivity index (χ4n) is 0.995. The molecule has 0 aromatic heterocycles. The molecule has 1 rings (SSSR count). The standard InChI is InChI=1S/C6H14.C5H6O2/c1-3-5-6-4-2;1-4-2-5(6)3-7-4/h3-6H2,1-2H3;2H,3H2,1H3. The minimum atomic E-state index is 0.0671. The Kier molecular flexibility index (Phi) is 7.36. The molecule has 1 heterocycles. The second-order valence-corrected chi connectivity index (χ2v) is 3.22. The Morgan fingerprint density at radius 2 is 1.85 bits per heavy atom. The molecule has 0 aromatic rings. The molecule has 2 heteroatoms. The first-order chi connectivity index (χ1) is 6.20. The van der Waals surface area contributed by atoms with Gasteiger partial charge < -0.3 is 4.74 Å². The second-order valence-electron chi connectivity index (χ2n) is 3.22. The number of rotatable bonds is 3. The fourth-order valence-corrected chi connectivity index (χ4v) is 0.995. The van der Waals surface area contributed by atoms with Crippen LogP contribution in [0.1, 0.15) is 46.5 Å². The van der Waals surface area contributed by atoms with Crippen LogP contribution in [0.2, 0.25) is 0 Å². The topological polar surface area (TPSA) is 26.3 Å². The van der Waals surface area contributed by atoms with Crippen LogP contribution in [0.5, 0.6) is 0 Å². The van der Waals surface area contributed by atoms with Gasteiger partial charge in [0.25, 0.3) is 0 Å². The van der Waals surface area contributed by atoms with Crippen molar-refractivity contribution in [3.05, 3.63) is 11.8 Å². The maximum absolute atomic E-state index is 10.3. The lowest BCUT2D eigenvalue weighted by Crippen LogP contribution is -1.92. The van der Waals surface area contributed by atoms with Crippen LogP contribution in [-0.2, 0) is 9.53 Å². The first-order valence-corrected chi connectivity index (χ1v) is 5.04. The lowest BCUT2D eigenvalue weighted by molar-refractivity contribution is -0.115. The van der Waals surface area contributed by atoms with Gasteiger partial charge in [0.15, 0.2) is 12.4 Å². The summed E-state index contributed by atoms with van der Waals surface area (Å²) in [7, 11) is 0. The number of carbonyl (C=O) groups is 1. The summed E-state index contributed by atoms with van der Waals surface area (Å²) in [6.45, 7) is 6.47. The van der Waals surface area contributed by atoms with Crippen molar-refractivity contribution in [3.63, 3.8) is 0 Å². The molecule has 0 aliphatic carbocycles. The van der Waals surface area contributed by atoms with Gasteiger partial charge in [-0.2, -0.15) is 0 Å². The monoisotopic (exact) mass is 184 g/mol. The minimum Gasteiger partial charge on any atom is -0.490 e. The van der Waals surface area contributed by atoms with Crippen molar-refractivity contribution in [2.24, 2.45) is 0 Å². The Bertz CT molecular complexity index is 167. The Hall–Kier alpha value is -0.790. The predicted octanol–water partition coefficient (Wildman–Crippen LogP) is 3.08. The normalized spacial score (nSPS) is 14.4. The third-order valence-electron chi connectivity index (χ3n) is 1.76. The lowest BCUT2D eigenvalue weighted by atomic mass is 10.2. The summed E-state index contributed by atoms with van der Waals surface area (Å²) in [6, 6.07) is 0. The molecule has 0 atom stereocenters. The van der Waals surface area contributed by atoms with Crippen molar-refractivity contribution >= 4 is 5.78 Å². The van der Waals surface area contributed by atoms with Crippen LogP contribution in [0.4, 0.5) is 0 Å². The Morgan fingerprint density at radius 1 is 1.31 bits per heavy atom. The van der Waals surface area contributed by atoms with E-state index in [4.69, 9.17) is 4.74 Å². The molecule has 13 heavy (non-hydrogen) atoms. The van der Waals surface area contributed by atoms with Gasteiger partial charge in [-0.15, -0.1) is 0 Å². The van der Waals surface area contributed by atoms with E-state index in [1.807, 2.05) is 0 Å². The van der Waals surface area contributed by atoms with Gasteiger partial charge in [0.2, 0.25) is 0 Å². The van der Waals surface area contributed by atoms with Gasteiger partial charge in [-0.25, -0.2) is 0 Å². The number of allylic oxidation sites excluding steroid dienone is 1. The van der Waals surface area contributed by atoms with E-state index >= 15 is 0 Å². The summed E-state index contributed by atoms with van der Waals surface area (Å²) in [6.07, 6.45) is 7.04. The molecule has 0 amide bonds. The number of ketones is 1. The zero-order valence-electron chi connectivity index (χ0n) is 8.93. The number of hydrogen-bond acceptors (Lipinski definition) is 2. The van der Waals surface area contributed by atoms with E-state index in [1.165, 1.54) is 31.8 Å². The van der Waals surface area contributed by atoms with Crippen molar-refractivity contribution in [1.82, 2.24) is 0 Å². The quantitative estimate of drug-likeness (QED) is 0.630. The molecule has 0 spiro atoms. The van der Waals surface area contributed by atoms with Crippen LogP contribution in [0.3, 0.4) is 0 Å². The summed E-state index contributed by atoms with van der Waals surface area (Å²) in [5.41, 5.74) is 0. The first-order valence-electron chi connectivity index (χ1n) is 5.04. The van der Waals surface area contributed by atoms with E-state index in [1.54, 1.807) is 6.92 Å². The van der Waals surface area contributed by atoms with Crippen LogP contribution < -0.4 is 0 Å². The lowest BCUT2D eigenvalue weighted by Gasteiger charge is -1.88. The zero-order chi connectivity index (χ0) is 10.1. The molecule has 0 radical (unpaired) electrons. The molecule has 2 nitrogen and oxygen atoms in total. The maximum Gasteiger partial charge on any atom is 0.196 e. The van der Waals surface area contributed by atoms with Gasteiger partial charge >= 0.3 is 0 Å². The van der Waals surface area contributed by atoms with Crippen LogP contribution >= 0.6 is 0 Å². The van der Waals surface area contributed by atoms with E-state index in [2.05, 4.69) is 13.8 Å². The maximum atomic E-state index is 10.3. The minimum absolute atomic E-state index is 0.0671. The van der Waals surface area contributed by atoms with Gasteiger partial charge in [-0.05, 0) is 6.92 Å². The molecule has 0 fully saturated rings. The average molecular weight is 184 g/mol. The van der Waals surface area contributed by atoms with Gasteiger partial charge in [-0.3, -0.25) is 4.79 Å². The molecule has 1 aliphatic rings. The summed E-state index contributed by atoms with van der Waals surface area (Å²) < 4.78 is 4.78. The largest absolute Gasteiger partial charge is 0.490 e. The molecule has 1 aliphatic heterocycles. The summed E-state index contributed by atoms with van der Waals surface area (Å²) in [5.74, 6) is 0.794. The third kappa shape index (κ3) is 7.57. The predicted molar refractivity (Wildman–Crippen MR) is 54.5 cm³/mol. The molecular formula is C11H20O2. The van der Waals surface area contributed by atoms with E-state index < -0.39 is 0 Å². The highest BCUT2D eigenvalue weighted by molar-refractivity contribution is 5.92. The second kappa shape index (κ2) is 7.84. The average Bonchev–Trinajstić information content (AvgIpc) is 2.47. The van der Waals surface area contributed by atoms with Crippen molar-refractivity contribution in [2.45, 2.75) is 46.5 Å². The van der Waals surface area contributed by atoms with Crippen molar-refractivity contribution in [2.75, 3.05) is 6.61 Å². The zero-order valence-corrected chi connectivity index (χ0v) is 8.93. The third-order valence-corrected chi connectivity index (χ3v) is 1.76. The first kappa shape index (κ1) is 12.2. The van der Waals surface area contributed by atoms with Gasteiger partial charge in [0.1, 0.15) is 0 Å². The van der Waals surface area contributed by atoms with Gasteiger partial charge in [0, 0.05) is 6.08 Å². The number of carbonyl (C=O) groups excluding carboxylic acids is 1. The van der Waals surface area contributed by atoms with Crippen LogP contribution in [0.25, 0.3) is 0 Å². The van der Waals surface area contributed by atoms with Crippen molar-refractivity contribution < 1.29 is 9.53 Å². The van der Waals surface area contributed by atoms with Gasteiger partial charge in [-0.1, -0.05) is 39.5 Å². The van der Waals surface area contributed by atoms with E-state index in [9.17, 15) is 4.79 Å². The van der Waals surface area contributed by atoms with Crippen molar-refractivity contribution in [1.29, 1.82) is 0 Å². The Labute approximate surface area is 81.0 Å². The van der Waals surface area contributed by atoms with Crippen LogP contribution in [0, 0.1) is 0 Å². The number of ether oxygens (including phenoxy) is 1. The highest BCUT2D eigenvalue weighted by Gasteiger charge is 2.06. The Balaban J connectivity index is 0.000000226. The molecule has 0 aromatic carbocycles. The SMILES string of the molecule is CC1=CC(=O)CO1.CCCCCC. The van der Waals surface area contributed by atoms with Crippen LogP contribution in [-0.4, -0.2) is 12.4 Å². The molecule has 0 N–H and O–H groups in total. The molecule has 76 valence electrons. The summed E-state index contributed by atoms with van der Waals surface area (Å²) >= 11 is 0. The van der Waals surface area contributed by atoms with E-state index in [0.717, 1.165) is 5.76 Å². The van der Waals surface area contributed by atoms with Crippen LogP contribution in [0.15, 0.2) is 11.8 Å². The highest BCUT2D eigenvalue weighted by Crippen LogP contribution is 2.02. The molecular weight excluding hydrogens is 164 g/mol. The van der Waals surface area contributed by atoms with Gasteiger partial charge in [0.05, 0.1) is 5.76 Å². The van der Waals surface area contributed by atoms with E-state index in [0.29, 0.717) is 0 Å². The molecule has 0 saturated heterocycles. The van der Waals surface area contributed by atoms with E-state index in [-0.39, 0.29) is 12.4 Å². The fraction of sp³-hybridized carbons (Fsp3) is 0.727. The number of unbranched alkanes of at least 4 members (excludes halogenated alkanes) is 3. The number of hydrogen-bond donors (Lipinski definition) is 0. The smallest absolute Gasteiger partial charge is 0.196 e. The molecule has 0 saturated carbocycles.